The van der Waals surface area contributed by atoms with Gasteiger partial charge in [0.2, 0.25) is 11.8 Å². The molecule has 5 unspecified atom stereocenters. The fourth-order valence-electron chi connectivity index (χ4n) is 6.14. The molecular weight excluding hydrogens is 512 g/mol. The Morgan fingerprint density at radius 2 is 1.75 bits per heavy atom. The van der Waals surface area contributed by atoms with E-state index in [0.29, 0.717) is 30.9 Å². The summed E-state index contributed by atoms with van der Waals surface area (Å²) >= 11 is 0. The molecule has 1 aliphatic carbocycles. The summed E-state index contributed by atoms with van der Waals surface area (Å²) in [6.45, 7) is 15.1. The Labute approximate surface area is 238 Å². The molecular formula is C31H48N2O7. The summed E-state index contributed by atoms with van der Waals surface area (Å²) in [5.41, 5.74) is 0.816. The highest BCUT2D eigenvalue weighted by Crippen LogP contribution is 2.57. The van der Waals surface area contributed by atoms with Gasteiger partial charge in [-0.05, 0) is 79.4 Å². The van der Waals surface area contributed by atoms with E-state index in [4.69, 9.17) is 4.74 Å². The van der Waals surface area contributed by atoms with Crippen LogP contribution >= 0.6 is 0 Å². The van der Waals surface area contributed by atoms with E-state index in [1.54, 1.807) is 13.8 Å². The zero-order chi connectivity index (χ0) is 30.0. The predicted octanol–water partition coefficient (Wildman–Crippen LogP) is 3.92. The number of likely N-dealkylation sites (tertiary alicyclic amines) is 1. The van der Waals surface area contributed by atoms with E-state index in [1.807, 2.05) is 6.92 Å². The lowest BCUT2D eigenvalue weighted by atomic mass is 9.66. The largest absolute Gasteiger partial charge is 0.504 e. The van der Waals surface area contributed by atoms with Gasteiger partial charge in [0.15, 0.2) is 11.5 Å². The summed E-state index contributed by atoms with van der Waals surface area (Å²) in [5, 5.41) is 32.3. The van der Waals surface area contributed by atoms with Crippen molar-refractivity contribution in [3.8, 4) is 11.5 Å². The Bertz CT molecular complexity index is 1080. The summed E-state index contributed by atoms with van der Waals surface area (Å²) in [4.78, 5) is 41.1. The lowest BCUT2D eigenvalue weighted by molar-refractivity contribution is -0.159. The molecule has 2 aliphatic rings. The van der Waals surface area contributed by atoms with Gasteiger partial charge in [0.25, 0.3) is 0 Å². The van der Waals surface area contributed by atoms with Crippen LogP contribution in [0.5, 0.6) is 11.5 Å². The number of nitrogens with one attached hydrogen (secondary N) is 1. The molecule has 5 atom stereocenters. The van der Waals surface area contributed by atoms with Gasteiger partial charge in [0, 0.05) is 13.0 Å². The van der Waals surface area contributed by atoms with Crippen LogP contribution in [-0.4, -0.2) is 68.8 Å². The third kappa shape index (κ3) is 6.90. The van der Waals surface area contributed by atoms with Crippen LogP contribution in [0.2, 0.25) is 0 Å². The van der Waals surface area contributed by atoms with Crippen LogP contribution in [-0.2, 0) is 25.5 Å². The topological polar surface area (TPSA) is 136 Å². The van der Waals surface area contributed by atoms with Crippen LogP contribution < -0.4 is 5.32 Å². The van der Waals surface area contributed by atoms with Crippen molar-refractivity contribution in [3.63, 3.8) is 0 Å². The fraction of sp³-hybridized carbons (Fsp3) is 0.710. The molecule has 3 rings (SSSR count). The summed E-state index contributed by atoms with van der Waals surface area (Å²) in [6, 6.07) is 2.41. The van der Waals surface area contributed by atoms with Crippen molar-refractivity contribution in [2.24, 2.45) is 22.7 Å². The van der Waals surface area contributed by atoms with Crippen molar-refractivity contribution in [1.82, 2.24) is 10.2 Å². The second kappa shape index (κ2) is 12.4. The molecule has 1 heterocycles. The van der Waals surface area contributed by atoms with Gasteiger partial charge in [0.05, 0.1) is 6.10 Å². The summed E-state index contributed by atoms with van der Waals surface area (Å²) in [6.07, 6.45) is 2.35. The first-order valence-electron chi connectivity index (χ1n) is 14.6. The zero-order valence-corrected chi connectivity index (χ0v) is 25.1. The normalized spacial score (nSPS) is 24.0. The number of esters is 1. The maximum absolute atomic E-state index is 13.6. The number of hydrogen-bond donors (Lipinski definition) is 4. The highest BCUT2D eigenvalue weighted by molar-refractivity contribution is 5.92. The Hall–Kier alpha value is -2.81. The maximum Gasteiger partial charge on any atom is 0.329 e. The Balaban J connectivity index is 1.61. The minimum Gasteiger partial charge on any atom is -0.504 e. The summed E-state index contributed by atoms with van der Waals surface area (Å²) in [7, 11) is 0. The van der Waals surface area contributed by atoms with E-state index in [1.165, 1.54) is 23.1 Å². The number of carbonyl (C=O) groups is 3. The molecule has 1 aromatic carbocycles. The lowest BCUT2D eigenvalue weighted by Gasteiger charge is -2.40. The lowest BCUT2D eigenvalue weighted by Crippen LogP contribution is -2.55. The first-order chi connectivity index (χ1) is 18.5. The number of aliphatic hydroxyl groups is 1. The molecule has 1 saturated carbocycles. The van der Waals surface area contributed by atoms with E-state index in [-0.39, 0.29) is 46.7 Å². The van der Waals surface area contributed by atoms with Crippen molar-refractivity contribution < 1.29 is 34.4 Å². The number of benzene rings is 1. The van der Waals surface area contributed by atoms with Gasteiger partial charge >= 0.3 is 5.97 Å². The molecule has 9 heteroatoms. The van der Waals surface area contributed by atoms with Crippen LogP contribution in [0.4, 0.5) is 0 Å². The second-order valence-electron chi connectivity index (χ2n) is 13.3. The highest BCUT2D eigenvalue weighted by Gasteiger charge is 2.49. The molecule has 1 saturated heterocycles. The van der Waals surface area contributed by atoms with Crippen molar-refractivity contribution >= 4 is 17.8 Å². The zero-order valence-electron chi connectivity index (χ0n) is 25.1. The van der Waals surface area contributed by atoms with Gasteiger partial charge in [-0.1, -0.05) is 47.6 Å². The van der Waals surface area contributed by atoms with Gasteiger partial charge in [-0.2, -0.15) is 0 Å². The third-order valence-corrected chi connectivity index (χ3v) is 9.63. The first-order valence-corrected chi connectivity index (χ1v) is 14.6. The molecule has 0 radical (unpaired) electrons. The van der Waals surface area contributed by atoms with Crippen molar-refractivity contribution in [2.75, 3.05) is 6.54 Å². The average Bonchev–Trinajstić information content (AvgIpc) is 3.43. The van der Waals surface area contributed by atoms with Gasteiger partial charge in [-0.15, -0.1) is 0 Å². The first kappa shape index (κ1) is 31.7. The number of rotatable bonds is 10. The van der Waals surface area contributed by atoms with E-state index in [2.05, 4.69) is 33.0 Å². The van der Waals surface area contributed by atoms with E-state index >= 15 is 0 Å². The van der Waals surface area contributed by atoms with Gasteiger partial charge < -0.3 is 30.3 Å². The van der Waals surface area contributed by atoms with E-state index in [9.17, 15) is 29.7 Å². The molecule has 0 aromatic heterocycles. The van der Waals surface area contributed by atoms with E-state index < -0.39 is 30.1 Å². The van der Waals surface area contributed by atoms with Crippen molar-refractivity contribution in [3.05, 3.63) is 23.8 Å². The number of aromatic hydroxyl groups is 2. The molecule has 1 aliphatic heterocycles. The third-order valence-electron chi connectivity index (χ3n) is 9.63. The number of ether oxygens (including phenoxy) is 1. The standard InChI is InChI=1S/C31H48N2O7/c1-18(2)26(32-27(37)25(36)17-20-10-11-23(34)24(35)16-20)28(38)33-14-8-9-22(33)29(39)40-19(3)15-21-12-13-30(4,5)31(21,6)7/h10-11,16,18-19,21-22,25-26,34-36H,8-9,12-15,17H2,1-7H3,(H,32,37). The van der Waals surface area contributed by atoms with Crippen molar-refractivity contribution in [1.29, 1.82) is 0 Å². The molecule has 2 amide bonds. The average molecular weight is 561 g/mol. The number of carbonyl (C=O) groups excluding carboxylic acids is 3. The molecule has 224 valence electrons. The van der Waals surface area contributed by atoms with E-state index in [0.717, 1.165) is 19.3 Å². The SMILES string of the molecule is CC(CC1CCC(C)(C)C1(C)C)OC(=O)C1CCCN1C(=O)C(NC(=O)C(O)Cc1ccc(O)c(O)c1)C(C)C. The molecule has 0 spiro atoms. The minimum absolute atomic E-state index is 0.107. The quantitative estimate of drug-likeness (QED) is 0.252. The van der Waals surface area contributed by atoms with Crippen LogP contribution in [0.1, 0.15) is 86.1 Å². The van der Waals surface area contributed by atoms with Gasteiger partial charge in [-0.3, -0.25) is 9.59 Å². The summed E-state index contributed by atoms with van der Waals surface area (Å²) in [5.74, 6) is -1.99. The van der Waals surface area contributed by atoms with Crippen LogP contribution in [0.15, 0.2) is 18.2 Å². The van der Waals surface area contributed by atoms with Crippen LogP contribution in [0.25, 0.3) is 0 Å². The number of aliphatic hydroxyl groups excluding tert-OH is 1. The highest BCUT2D eigenvalue weighted by atomic mass is 16.5. The Morgan fingerprint density at radius 3 is 2.33 bits per heavy atom. The molecule has 40 heavy (non-hydrogen) atoms. The molecule has 9 nitrogen and oxygen atoms in total. The number of nitrogens with zero attached hydrogens (tertiary/aromatic N) is 1. The molecule has 2 fully saturated rings. The molecule has 0 bridgehead atoms. The predicted molar refractivity (Wildman–Crippen MR) is 151 cm³/mol. The number of hydrogen-bond acceptors (Lipinski definition) is 7. The number of phenols is 2. The van der Waals surface area contributed by atoms with Crippen LogP contribution in [0, 0.1) is 22.7 Å². The van der Waals surface area contributed by atoms with Crippen LogP contribution in [0.3, 0.4) is 0 Å². The van der Waals surface area contributed by atoms with Gasteiger partial charge in [0.1, 0.15) is 18.2 Å². The monoisotopic (exact) mass is 560 g/mol. The molecule has 1 aromatic rings. The van der Waals surface area contributed by atoms with Crippen molar-refractivity contribution in [2.45, 2.75) is 111 Å². The smallest absolute Gasteiger partial charge is 0.329 e. The molecule has 4 N–H and O–H groups in total. The maximum atomic E-state index is 13.6. The number of phenolic OH excluding ortho intramolecular Hbond substituents is 2. The number of amides is 2. The fourth-order valence-corrected chi connectivity index (χ4v) is 6.14. The Morgan fingerprint density at radius 1 is 1.07 bits per heavy atom. The second-order valence-corrected chi connectivity index (χ2v) is 13.3. The minimum atomic E-state index is -1.47. The summed E-state index contributed by atoms with van der Waals surface area (Å²) < 4.78 is 5.88. The van der Waals surface area contributed by atoms with Gasteiger partial charge in [-0.25, -0.2) is 4.79 Å². The Kier molecular flexibility index (Phi) is 9.81.